The highest BCUT2D eigenvalue weighted by atomic mass is 16.5. The molecule has 0 fully saturated rings. The molecule has 0 atom stereocenters. The van der Waals surface area contributed by atoms with Crippen molar-refractivity contribution in [2.24, 2.45) is 0 Å². The van der Waals surface area contributed by atoms with Gasteiger partial charge in [0, 0.05) is 18.9 Å². The maximum atomic E-state index is 12.5. The van der Waals surface area contributed by atoms with Crippen molar-refractivity contribution >= 4 is 28.8 Å². The third-order valence-electron chi connectivity index (χ3n) is 4.69. The first kappa shape index (κ1) is 19.7. The van der Waals surface area contributed by atoms with Gasteiger partial charge in [-0.05, 0) is 44.4 Å². The first-order chi connectivity index (χ1) is 13.1. The highest BCUT2D eigenvalue weighted by molar-refractivity contribution is 6.12. The van der Waals surface area contributed by atoms with Crippen LogP contribution < -0.4 is 10.4 Å². The fourth-order valence-corrected chi connectivity index (χ4v) is 3.36. The molecule has 0 spiro atoms. The van der Waals surface area contributed by atoms with E-state index in [2.05, 4.69) is 0 Å². The van der Waals surface area contributed by atoms with E-state index >= 15 is 0 Å². The molecule has 7 heteroatoms. The standard InChI is InChI=1S/C21H22O7/c1-4-13(22)17-18(26)12-8-9-21(2,3)28-19(12)16-11(6-5-7-14(23)24)10-15(25)27-20(16)17/h8-10,26H,4-7H2,1-3H3,(H,23,24). The number of carboxylic acids is 1. The van der Waals surface area contributed by atoms with Crippen LogP contribution >= 0.6 is 0 Å². The molecule has 1 aliphatic heterocycles. The van der Waals surface area contributed by atoms with E-state index in [4.69, 9.17) is 14.3 Å². The Labute approximate surface area is 161 Å². The molecule has 2 heterocycles. The number of aliphatic carboxylic acids is 1. The van der Waals surface area contributed by atoms with E-state index in [-0.39, 0.29) is 35.5 Å². The zero-order chi connectivity index (χ0) is 20.6. The van der Waals surface area contributed by atoms with Crippen molar-refractivity contribution in [2.75, 3.05) is 0 Å². The lowest BCUT2D eigenvalue weighted by Gasteiger charge is -2.30. The van der Waals surface area contributed by atoms with Gasteiger partial charge < -0.3 is 19.4 Å². The predicted octanol–water partition coefficient (Wildman–Crippen LogP) is 3.68. The summed E-state index contributed by atoms with van der Waals surface area (Å²) in [7, 11) is 0. The van der Waals surface area contributed by atoms with Gasteiger partial charge in [-0.2, -0.15) is 0 Å². The average molecular weight is 386 g/mol. The Hall–Kier alpha value is -3.09. The molecular formula is C21H22O7. The molecule has 7 nitrogen and oxygen atoms in total. The fraction of sp³-hybridized carbons (Fsp3) is 0.381. The first-order valence-electron chi connectivity index (χ1n) is 9.13. The van der Waals surface area contributed by atoms with Gasteiger partial charge in [0.1, 0.15) is 22.7 Å². The number of phenols is 1. The van der Waals surface area contributed by atoms with Crippen molar-refractivity contribution in [3.05, 3.63) is 39.3 Å². The van der Waals surface area contributed by atoms with E-state index in [1.807, 2.05) is 13.8 Å². The van der Waals surface area contributed by atoms with E-state index in [9.17, 15) is 19.5 Å². The van der Waals surface area contributed by atoms with Crippen LogP contribution in [0.2, 0.25) is 0 Å². The minimum atomic E-state index is -0.936. The van der Waals surface area contributed by atoms with Crippen LogP contribution in [-0.2, 0) is 11.2 Å². The lowest BCUT2D eigenvalue weighted by molar-refractivity contribution is -0.137. The Bertz CT molecular complexity index is 1060. The summed E-state index contributed by atoms with van der Waals surface area (Å²) in [5.41, 5.74) is -0.546. The van der Waals surface area contributed by atoms with Gasteiger partial charge in [0.05, 0.1) is 10.9 Å². The van der Waals surface area contributed by atoms with Crippen molar-refractivity contribution in [3.63, 3.8) is 0 Å². The van der Waals surface area contributed by atoms with Crippen LogP contribution in [0.3, 0.4) is 0 Å². The van der Waals surface area contributed by atoms with Crippen LogP contribution in [0.25, 0.3) is 17.0 Å². The highest BCUT2D eigenvalue weighted by Crippen LogP contribution is 2.46. The van der Waals surface area contributed by atoms with Crippen molar-refractivity contribution < 1.29 is 29.0 Å². The van der Waals surface area contributed by atoms with Crippen LogP contribution in [0.5, 0.6) is 11.5 Å². The third kappa shape index (κ3) is 3.52. The second-order valence-corrected chi connectivity index (χ2v) is 7.32. The molecule has 0 saturated heterocycles. The molecule has 2 aromatic rings. The minimum absolute atomic E-state index is 0.0213. The van der Waals surface area contributed by atoms with Gasteiger partial charge in [0.2, 0.25) is 0 Å². The molecular weight excluding hydrogens is 364 g/mol. The summed E-state index contributed by atoms with van der Waals surface area (Å²) >= 11 is 0. The largest absolute Gasteiger partial charge is 0.506 e. The SMILES string of the molecule is CCC(=O)c1c(O)c2c(c3c(CCCC(=O)O)cc(=O)oc13)OC(C)(C)C=C2. The second-order valence-electron chi connectivity index (χ2n) is 7.32. The number of fused-ring (bicyclic) bond motifs is 3. The number of hydrogen-bond acceptors (Lipinski definition) is 6. The molecule has 28 heavy (non-hydrogen) atoms. The Morgan fingerprint density at radius 1 is 1.25 bits per heavy atom. The molecule has 148 valence electrons. The van der Waals surface area contributed by atoms with Gasteiger partial charge in [0.25, 0.3) is 0 Å². The zero-order valence-corrected chi connectivity index (χ0v) is 16.0. The molecule has 0 unspecified atom stereocenters. The molecule has 0 bridgehead atoms. The molecule has 3 rings (SSSR count). The number of ether oxygens (including phenoxy) is 1. The summed E-state index contributed by atoms with van der Waals surface area (Å²) in [5, 5.41) is 20.1. The van der Waals surface area contributed by atoms with Crippen LogP contribution in [0, 0.1) is 0 Å². The van der Waals surface area contributed by atoms with Gasteiger partial charge in [-0.15, -0.1) is 0 Å². The van der Waals surface area contributed by atoms with Gasteiger partial charge in [-0.3, -0.25) is 9.59 Å². The number of ketones is 1. The summed E-state index contributed by atoms with van der Waals surface area (Å²) < 4.78 is 11.4. The van der Waals surface area contributed by atoms with Gasteiger partial charge >= 0.3 is 11.6 Å². The molecule has 0 amide bonds. The fourth-order valence-electron chi connectivity index (χ4n) is 3.36. The summed E-state index contributed by atoms with van der Waals surface area (Å²) in [6.45, 7) is 5.32. The molecule has 0 saturated carbocycles. The molecule has 2 N–H and O–H groups in total. The predicted molar refractivity (Wildman–Crippen MR) is 103 cm³/mol. The summed E-state index contributed by atoms with van der Waals surface area (Å²) in [6, 6.07) is 1.29. The van der Waals surface area contributed by atoms with Crippen molar-refractivity contribution in [3.8, 4) is 11.5 Å². The van der Waals surface area contributed by atoms with Crippen molar-refractivity contribution in [1.29, 1.82) is 0 Å². The van der Waals surface area contributed by atoms with Crippen LogP contribution in [0.4, 0.5) is 0 Å². The summed E-state index contributed by atoms with van der Waals surface area (Å²) in [5.74, 6) is -1.27. The average Bonchev–Trinajstić information content (AvgIpc) is 2.59. The van der Waals surface area contributed by atoms with Gasteiger partial charge in [-0.25, -0.2) is 4.79 Å². The molecule has 0 aliphatic carbocycles. The van der Waals surface area contributed by atoms with Crippen LogP contribution in [0.1, 0.15) is 61.5 Å². The topological polar surface area (TPSA) is 114 Å². The molecule has 1 aromatic heterocycles. The number of aryl methyl sites for hydroxylation is 1. The molecule has 1 aliphatic rings. The maximum absolute atomic E-state index is 12.5. The first-order valence-corrected chi connectivity index (χ1v) is 9.13. The number of aromatic hydroxyl groups is 1. The third-order valence-corrected chi connectivity index (χ3v) is 4.69. The summed E-state index contributed by atoms with van der Waals surface area (Å²) in [6.07, 6.45) is 4.11. The molecule has 1 aromatic carbocycles. The number of benzene rings is 1. The normalized spacial score (nSPS) is 14.5. The highest BCUT2D eigenvalue weighted by Gasteiger charge is 2.31. The van der Waals surface area contributed by atoms with E-state index < -0.39 is 17.2 Å². The van der Waals surface area contributed by atoms with Crippen LogP contribution in [0.15, 0.2) is 21.4 Å². The lowest BCUT2D eigenvalue weighted by atomic mass is 9.92. The van der Waals surface area contributed by atoms with Crippen molar-refractivity contribution in [2.45, 2.75) is 52.1 Å². The van der Waals surface area contributed by atoms with Gasteiger partial charge in [0.15, 0.2) is 11.4 Å². The maximum Gasteiger partial charge on any atom is 0.336 e. The molecule has 0 radical (unpaired) electrons. The zero-order valence-electron chi connectivity index (χ0n) is 16.0. The number of Topliss-reactive ketones (excluding diaryl/α,β-unsaturated/α-hetero) is 1. The van der Waals surface area contributed by atoms with E-state index in [0.29, 0.717) is 35.1 Å². The number of carbonyl (C=O) groups is 2. The summed E-state index contributed by atoms with van der Waals surface area (Å²) in [4.78, 5) is 35.5. The van der Waals surface area contributed by atoms with E-state index in [1.54, 1.807) is 19.1 Å². The van der Waals surface area contributed by atoms with E-state index in [0.717, 1.165) is 0 Å². The Balaban J connectivity index is 2.36. The van der Waals surface area contributed by atoms with E-state index in [1.165, 1.54) is 6.07 Å². The number of phenolic OH excluding ortho intramolecular Hbond substituents is 1. The quantitative estimate of drug-likeness (QED) is 0.575. The number of hydrogen-bond donors (Lipinski definition) is 2. The Kier molecular flexibility index (Phi) is 5.02. The Morgan fingerprint density at radius 3 is 2.61 bits per heavy atom. The van der Waals surface area contributed by atoms with Crippen molar-refractivity contribution in [1.82, 2.24) is 0 Å². The van der Waals surface area contributed by atoms with Gasteiger partial charge in [-0.1, -0.05) is 6.92 Å². The monoisotopic (exact) mass is 386 g/mol. The number of rotatable bonds is 6. The smallest absolute Gasteiger partial charge is 0.336 e. The minimum Gasteiger partial charge on any atom is -0.506 e. The number of carboxylic acid groups (broad SMARTS) is 1. The Morgan fingerprint density at radius 2 is 1.96 bits per heavy atom. The number of carbonyl (C=O) groups excluding carboxylic acids is 1. The van der Waals surface area contributed by atoms with Crippen LogP contribution in [-0.4, -0.2) is 27.6 Å². The second kappa shape index (κ2) is 7.14. The lowest BCUT2D eigenvalue weighted by Crippen LogP contribution is -2.28.